The molecule has 0 amide bonds. The highest BCUT2D eigenvalue weighted by molar-refractivity contribution is 6.30. The third-order valence-electron chi connectivity index (χ3n) is 2.72. The average molecular weight is 249 g/mol. The van der Waals surface area contributed by atoms with Gasteiger partial charge in [-0.1, -0.05) is 11.6 Å². The molecule has 0 aliphatic heterocycles. The number of aromatic nitrogens is 2. The van der Waals surface area contributed by atoms with Gasteiger partial charge in [0.1, 0.15) is 12.1 Å². The summed E-state index contributed by atoms with van der Waals surface area (Å²) in [5.41, 5.74) is 1.58. The highest BCUT2D eigenvalue weighted by Gasteiger charge is 2.07. The van der Waals surface area contributed by atoms with Crippen molar-refractivity contribution in [3.63, 3.8) is 0 Å². The summed E-state index contributed by atoms with van der Waals surface area (Å²) in [7, 11) is 0. The molecule has 1 aromatic heterocycles. The van der Waals surface area contributed by atoms with Crippen molar-refractivity contribution in [2.45, 2.75) is 19.9 Å². The Kier molecular flexibility index (Phi) is 3.59. The van der Waals surface area contributed by atoms with Crippen LogP contribution in [-0.4, -0.2) is 15.8 Å². The van der Waals surface area contributed by atoms with Crippen LogP contribution in [0.2, 0.25) is 5.02 Å². The number of aryl methyl sites for hydroxylation is 1. The number of aldehydes is 1. The SMILES string of the molecule is CCn1ccnc1Cc1cc(Cl)ccc1C=O. The molecular formula is C13H13ClN2O. The summed E-state index contributed by atoms with van der Waals surface area (Å²) in [5.74, 6) is 0.942. The maximum Gasteiger partial charge on any atom is 0.150 e. The summed E-state index contributed by atoms with van der Waals surface area (Å²) >= 11 is 5.94. The number of rotatable bonds is 4. The molecule has 0 unspecified atom stereocenters. The zero-order valence-corrected chi connectivity index (χ0v) is 10.3. The molecule has 2 aromatic rings. The van der Waals surface area contributed by atoms with E-state index in [1.165, 1.54) is 0 Å². The summed E-state index contributed by atoms with van der Waals surface area (Å²) in [6, 6.07) is 5.28. The zero-order chi connectivity index (χ0) is 12.3. The Morgan fingerprint density at radius 2 is 2.29 bits per heavy atom. The van der Waals surface area contributed by atoms with Gasteiger partial charge in [0.2, 0.25) is 0 Å². The molecule has 17 heavy (non-hydrogen) atoms. The quantitative estimate of drug-likeness (QED) is 0.780. The topological polar surface area (TPSA) is 34.9 Å². The Bertz CT molecular complexity index is 534. The van der Waals surface area contributed by atoms with Crippen molar-refractivity contribution in [3.8, 4) is 0 Å². The van der Waals surface area contributed by atoms with Crippen molar-refractivity contribution in [2.75, 3.05) is 0 Å². The van der Waals surface area contributed by atoms with Crippen molar-refractivity contribution < 1.29 is 4.79 Å². The normalized spacial score (nSPS) is 10.5. The van der Waals surface area contributed by atoms with Crippen molar-refractivity contribution in [1.82, 2.24) is 9.55 Å². The first-order valence-corrected chi connectivity index (χ1v) is 5.86. The van der Waals surface area contributed by atoms with Gasteiger partial charge in [-0.25, -0.2) is 4.98 Å². The van der Waals surface area contributed by atoms with Gasteiger partial charge < -0.3 is 4.57 Å². The molecule has 1 heterocycles. The van der Waals surface area contributed by atoms with E-state index in [0.29, 0.717) is 17.0 Å². The van der Waals surface area contributed by atoms with Gasteiger partial charge in [0.15, 0.2) is 0 Å². The first-order chi connectivity index (χ1) is 8.24. The Labute approximate surface area is 105 Å². The second kappa shape index (κ2) is 5.15. The lowest BCUT2D eigenvalue weighted by atomic mass is 10.1. The molecule has 0 saturated carbocycles. The van der Waals surface area contributed by atoms with E-state index >= 15 is 0 Å². The number of carbonyl (C=O) groups is 1. The fourth-order valence-electron chi connectivity index (χ4n) is 1.81. The molecule has 2 rings (SSSR count). The average Bonchev–Trinajstić information content (AvgIpc) is 2.77. The van der Waals surface area contributed by atoms with Crippen LogP contribution in [0, 0.1) is 0 Å². The largest absolute Gasteiger partial charge is 0.335 e. The molecule has 0 bridgehead atoms. The van der Waals surface area contributed by atoms with Crippen LogP contribution in [0.15, 0.2) is 30.6 Å². The molecule has 0 radical (unpaired) electrons. The van der Waals surface area contributed by atoms with Crippen LogP contribution in [0.5, 0.6) is 0 Å². The Balaban J connectivity index is 2.35. The van der Waals surface area contributed by atoms with E-state index in [2.05, 4.69) is 16.5 Å². The third-order valence-corrected chi connectivity index (χ3v) is 2.96. The molecular weight excluding hydrogens is 236 g/mol. The number of imidazole rings is 1. The lowest BCUT2D eigenvalue weighted by Crippen LogP contribution is -2.03. The monoisotopic (exact) mass is 248 g/mol. The first kappa shape index (κ1) is 11.9. The third kappa shape index (κ3) is 2.56. The fourth-order valence-corrected chi connectivity index (χ4v) is 2.00. The molecule has 1 aromatic carbocycles. The molecule has 0 spiro atoms. The lowest BCUT2D eigenvalue weighted by Gasteiger charge is -2.07. The van der Waals surface area contributed by atoms with Crippen molar-refractivity contribution in [2.24, 2.45) is 0 Å². The number of carbonyl (C=O) groups excluding carboxylic acids is 1. The molecule has 3 nitrogen and oxygen atoms in total. The van der Waals surface area contributed by atoms with Crippen molar-refractivity contribution in [1.29, 1.82) is 0 Å². The molecule has 0 aliphatic rings. The van der Waals surface area contributed by atoms with Crippen LogP contribution in [-0.2, 0) is 13.0 Å². The number of benzene rings is 1. The van der Waals surface area contributed by atoms with E-state index in [4.69, 9.17) is 11.6 Å². The second-order valence-electron chi connectivity index (χ2n) is 3.77. The predicted molar refractivity (Wildman–Crippen MR) is 67.5 cm³/mol. The van der Waals surface area contributed by atoms with Gasteiger partial charge in [0, 0.05) is 35.9 Å². The molecule has 0 N–H and O–H groups in total. The summed E-state index contributed by atoms with van der Waals surface area (Å²) in [5, 5.41) is 0.639. The van der Waals surface area contributed by atoms with E-state index in [0.717, 1.165) is 24.2 Å². The molecule has 88 valence electrons. The maximum absolute atomic E-state index is 11.0. The Hall–Kier alpha value is -1.61. The Morgan fingerprint density at radius 3 is 3.00 bits per heavy atom. The van der Waals surface area contributed by atoms with Crippen LogP contribution in [0.4, 0.5) is 0 Å². The standard InChI is InChI=1S/C13H13ClN2O/c1-2-16-6-5-15-13(16)8-11-7-12(14)4-3-10(11)9-17/h3-7,9H,2,8H2,1H3. The van der Waals surface area contributed by atoms with Crippen molar-refractivity contribution >= 4 is 17.9 Å². The lowest BCUT2D eigenvalue weighted by molar-refractivity contribution is 0.112. The van der Waals surface area contributed by atoms with Gasteiger partial charge in [0.05, 0.1) is 0 Å². The minimum Gasteiger partial charge on any atom is -0.335 e. The number of hydrogen-bond acceptors (Lipinski definition) is 2. The van der Waals surface area contributed by atoms with Crippen molar-refractivity contribution in [3.05, 3.63) is 52.6 Å². The van der Waals surface area contributed by atoms with E-state index in [1.807, 2.05) is 12.3 Å². The molecule has 0 atom stereocenters. The number of hydrogen-bond donors (Lipinski definition) is 0. The van der Waals surface area contributed by atoms with Gasteiger partial charge >= 0.3 is 0 Å². The van der Waals surface area contributed by atoms with Crippen LogP contribution in [0.1, 0.15) is 28.7 Å². The minimum atomic E-state index is 0.621. The van der Waals surface area contributed by atoms with Crippen LogP contribution < -0.4 is 0 Å². The van der Waals surface area contributed by atoms with Gasteiger partial charge in [-0.3, -0.25) is 4.79 Å². The van der Waals surface area contributed by atoms with Gasteiger partial charge in [-0.2, -0.15) is 0 Å². The maximum atomic E-state index is 11.0. The molecule has 0 aliphatic carbocycles. The smallest absolute Gasteiger partial charge is 0.150 e. The second-order valence-corrected chi connectivity index (χ2v) is 4.20. The zero-order valence-electron chi connectivity index (χ0n) is 9.56. The summed E-state index contributed by atoms with van der Waals surface area (Å²) < 4.78 is 2.05. The van der Waals surface area contributed by atoms with Crippen LogP contribution in [0.3, 0.4) is 0 Å². The highest BCUT2D eigenvalue weighted by atomic mass is 35.5. The molecule has 4 heteroatoms. The van der Waals surface area contributed by atoms with E-state index < -0.39 is 0 Å². The van der Waals surface area contributed by atoms with Crippen LogP contribution >= 0.6 is 11.6 Å². The van der Waals surface area contributed by atoms with Gasteiger partial charge in [-0.05, 0) is 30.7 Å². The first-order valence-electron chi connectivity index (χ1n) is 5.48. The van der Waals surface area contributed by atoms with Gasteiger partial charge in [-0.15, -0.1) is 0 Å². The van der Waals surface area contributed by atoms with Crippen LogP contribution in [0.25, 0.3) is 0 Å². The predicted octanol–water partition coefficient (Wildman–Crippen LogP) is 2.96. The minimum absolute atomic E-state index is 0.621. The number of halogens is 1. The van der Waals surface area contributed by atoms with E-state index in [1.54, 1.807) is 18.3 Å². The highest BCUT2D eigenvalue weighted by Crippen LogP contribution is 2.17. The Morgan fingerprint density at radius 1 is 1.47 bits per heavy atom. The summed E-state index contributed by atoms with van der Waals surface area (Å²) in [6.45, 7) is 2.93. The van der Waals surface area contributed by atoms with E-state index in [9.17, 15) is 4.79 Å². The molecule has 0 fully saturated rings. The van der Waals surface area contributed by atoms with E-state index in [-0.39, 0.29) is 0 Å². The summed E-state index contributed by atoms with van der Waals surface area (Å²) in [6.07, 6.45) is 5.17. The fraction of sp³-hybridized carbons (Fsp3) is 0.231. The molecule has 0 saturated heterocycles. The summed E-state index contributed by atoms with van der Waals surface area (Å²) in [4.78, 5) is 15.2. The number of nitrogens with zero attached hydrogens (tertiary/aromatic N) is 2. The van der Waals surface area contributed by atoms with Gasteiger partial charge in [0.25, 0.3) is 0 Å².